The summed E-state index contributed by atoms with van der Waals surface area (Å²) in [5, 5.41) is 1.10. The summed E-state index contributed by atoms with van der Waals surface area (Å²) in [5.41, 5.74) is 3.17. The zero-order valence-corrected chi connectivity index (χ0v) is 11.8. The van der Waals surface area contributed by atoms with Crippen molar-refractivity contribution in [2.75, 3.05) is 11.9 Å². The molecule has 0 unspecified atom stereocenters. The molecular weight excluding hydrogens is 267 g/mol. The molecule has 2 rings (SSSR count). The summed E-state index contributed by atoms with van der Waals surface area (Å²) in [4.78, 5) is 6.37. The number of halogens is 2. The molecule has 18 heavy (non-hydrogen) atoms. The van der Waals surface area contributed by atoms with Gasteiger partial charge >= 0.3 is 0 Å². The number of hydrogen-bond acceptors (Lipinski definition) is 2. The van der Waals surface area contributed by atoms with Crippen molar-refractivity contribution in [3.63, 3.8) is 0 Å². The van der Waals surface area contributed by atoms with E-state index in [1.165, 1.54) is 5.56 Å². The summed E-state index contributed by atoms with van der Waals surface area (Å²) in [7, 11) is 2.02. The first-order valence-electron chi connectivity index (χ1n) is 5.65. The van der Waals surface area contributed by atoms with Gasteiger partial charge in [0.05, 0.1) is 17.3 Å². The Hall–Kier alpha value is -1.25. The Morgan fingerprint density at radius 3 is 2.56 bits per heavy atom. The maximum Gasteiger partial charge on any atom is 0.129 e. The second-order valence-corrected chi connectivity index (χ2v) is 5.00. The highest BCUT2D eigenvalue weighted by atomic mass is 35.5. The number of benzene rings is 1. The van der Waals surface area contributed by atoms with E-state index >= 15 is 0 Å². The van der Waals surface area contributed by atoms with Gasteiger partial charge in [-0.15, -0.1) is 0 Å². The number of pyridine rings is 1. The largest absolute Gasteiger partial charge is 0.368 e. The van der Waals surface area contributed by atoms with Gasteiger partial charge in [0.1, 0.15) is 5.15 Å². The standard InChI is InChI=1S/C14H14Cl2N2/c1-10-5-3-4-6-13(10)18(2)9-12-11(15)7-8-14(16)17-12/h3-8H,9H2,1-2H3. The molecule has 1 aromatic heterocycles. The molecule has 2 aromatic rings. The maximum absolute atomic E-state index is 6.12. The highest BCUT2D eigenvalue weighted by Gasteiger charge is 2.09. The van der Waals surface area contributed by atoms with Crippen LogP contribution in [0.25, 0.3) is 0 Å². The van der Waals surface area contributed by atoms with Gasteiger partial charge in [-0.05, 0) is 30.7 Å². The number of nitrogens with zero attached hydrogens (tertiary/aromatic N) is 2. The number of anilines is 1. The van der Waals surface area contributed by atoms with Gasteiger partial charge in [-0.25, -0.2) is 4.98 Å². The minimum absolute atomic E-state index is 0.465. The number of aromatic nitrogens is 1. The fraction of sp³-hybridized carbons (Fsp3) is 0.214. The van der Waals surface area contributed by atoms with Gasteiger partial charge in [0.25, 0.3) is 0 Å². The van der Waals surface area contributed by atoms with Crippen LogP contribution in [0, 0.1) is 6.92 Å². The molecule has 0 aliphatic rings. The molecule has 4 heteroatoms. The van der Waals surface area contributed by atoms with E-state index in [0.717, 1.165) is 11.4 Å². The van der Waals surface area contributed by atoms with Crippen molar-refractivity contribution in [3.8, 4) is 0 Å². The molecule has 0 spiro atoms. The average molecular weight is 281 g/mol. The lowest BCUT2D eigenvalue weighted by molar-refractivity contribution is 0.881. The molecule has 1 heterocycles. The average Bonchev–Trinajstić information content (AvgIpc) is 2.34. The van der Waals surface area contributed by atoms with Crippen LogP contribution < -0.4 is 4.90 Å². The van der Waals surface area contributed by atoms with E-state index in [2.05, 4.69) is 28.9 Å². The molecule has 0 radical (unpaired) electrons. The first-order chi connectivity index (χ1) is 8.58. The summed E-state index contributed by atoms with van der Waals surface area (Å²) in [6.07, 6.45) is 0. The first-order valence-corrected chi connectivity index (χ1v) is 6.41. The molecule has 2 nitrogen and oxygen atoms in total. The second-order valence-electron chi connectivity index (χ2n) is 4.21. The fourth-order valence-corrected chi connectivity index (χ4v) is 2.20. The second kappa shape index (κ2) is 5.59. The molecule has 0 bridgehead atoms. The van der Waals surface area contributed by atoms with Crippen molar-refractivity contribution < 1.29 is 0 Å². The highest BCUT2D eigenvalue weighted by Crippen LogP contribution is 2.23. The first kappa shape index (κ1) is 13.2. The lowest BCUT2D eigenvalue weighted by atomic mass is 10.2. The third-order valence-electron chi connectivity index (χ3n) is 2.80. The molecule has 0 aliphatic heterocycles. The quantitative estimate of drug-likeness (QED) is 0.778. The smallest absolute Gasteiger partial charge is 0.129 e. The van der Waals surface area contributed by atoms with E-state index < -0.39 is 0 Å². The molecule has 0 N–H and O–H groups in total. The van der Waals surface area contributed by atoms with Crippen LogP contribution in [-0.2, 0) is 6.54 Å². The third-order valence-corrected chi connectivity index (χ3v) is 3.35. The summed E-state index contributed by atoms with van der Waals surface area (Å²) in [5.74, 6) is 0. The van der Waals surface area contributed by atoms with Crippen molar-refractivity contribution >= 4 is 28.9 Å². The Morgan fingerprint density at radius 2 is 1.83 bits per heavy atom. The summed E-state index contributed by atoms with van der Waals surface area (Å²) in [6, 6.07) is 11.7. The topological polar surface area (TPSA) is 16.1 Å². The maximum atomic E-state index is 6.12. The van der Waals surface area contributed by atoms with Crippen molar-refractivity contribution in [2.45, 2.75) is 13.5 Å². The number of aryl methyl sites for hydroxylation is 1. The van der Waals surface area contributed by atoms with Crippen LogP contribution in [-0.4, -0.2) is 12.0 Å². The SMILES string of the molecule is Cc1ccccc1N(C)Cc1nc(Cl)ccc1Cl. The zero-order valence-electron chi connectivity index (χ0n) is 10.3. The van der Waals surface area contributed by atoms with Crippen molar-refractivity contribution in [1.82, 2.24) is 4.98 Å². The highest BCUT2D eigenvalue weighted by molar-refractivity contribution is 6.32. The van der Waals surface area contributed by atoms with Crippen LogP contribution in [0.4, 0.5) is 5.69 Å². The van der Waals surface area contributed by atoms with E-state index in [9.17, 15) is 0 Å². The zero-order chi connectivity index (χ0) is 13.1. The monoisotopic (exact) mass is 280 g/mol. The third kappa shape index (κ3) is 2.95. The number of hydrogen-bond donors (Lipinski definition) is 0. The van der Waals surface area contributed by atoms with Crippen molar-refractivity contribution in [2.24, 2.45) is 0 Å². The molecule has 0 fully saturated rings. The Bertz CT molecular complexity index is 555. The van der Waals surface area contributed by atoms with Crippen molar-refractivity contribution in [1.29, 1.82) is 0 Å². The summed E-state index contributed by atoms with van der Waals surface area (Å²) in [6.45, 7) is 2.71. The Morgan fingerprint density at radius 1 is 1.11 bits per heavy atom. The van der Waals surface area contributed by atoms with Gasteiger partial charge in [-0.3, -0.25) is 0 Å². The molecule has 0 atom stereocenters. The Balaban J connectivity index is 2.24. The van der Waals surface area contributed by atoms with Gasteiger partial charge in [0.2, 0.25) is 0 Å². The Kier molecular flexibility index (Phi) is 4.10. The molecule has 94 valence electrons. The molecular formula is C14H14Cl2N2. The Labute approximate surface area is 117 Å². The van der Waals surface area contributed by atoms with Gasteiger partial charge in [-0.1, -0.05) is 41.4 Å². The van der Waals surface area contributed by atoms with Crippen LogP contribution >= 0.6 is 23.2 Å². The number of para-hydroxylation sites is 1. The minimum atomic E-state index is 0.465. The molecule has 0 saturated heterocycles. The summed E-state index contributed by atoms with van der Waals surface area (Å²) < 4.78 is 0. The van der Waals surface area contributed by atoms with Gasteiger partial charge in [0.15, 0.2) is 0 Å². The van der Waals surface area contributed by atoms with Crippen LogP contribution in [0.2, 0.25) is 10.2 Å². The lowest BCUT2D eigenvalue weighted by Gasteiger charge is -2.21. The lowest BCUT2D eigenvalue weighted by Crippen LogP contribution is -2.18. The van der Waals surface area contributed by atoms with E-state index in [1.54, 1.807) is 12.1 Å². The van der Waals surface area contributed by atoms with Crippen LogP contribution in [0.5, 0.6) is 0 Å². The fourth-order valence-electron chi connectivity index (χ4n) is 1.87. The van der Waals surface area contributed by atoms with Gasteiger partial charge in [-0.2, -0.15) is 0 Å². The van der Waals surface area contributed by atoms with Crippen LogP contribution in [0.3, 0.4) is 0 Å². The summed E-state index contributed by atoms with van der Waals surface area (Å²) >= 11 is 12.0. The van der Waals surface area contributed by atoms with Crippen LogP contribution in [0.15, 0.2) is 36.4 Å². The normalized spacial score (nSPS) is 10.4. The molecule has 0 saturated carbocycles. The van der Waals surface area contributed by atoms with Crippen molar-refractivity contribution in [3.05, 3.63) is 57.8 Å². The van der Waals surface area contributed by atoms with E-state index in [1.807, 2.05) is 19.2 Å². The molecule has 0 aliphatic carbocycles. The van der Waals surface area contributed by atoms with E-state index in [0.29, 0.717) is 16.7 Å². The van der Waals surface area contributed by atoms with E-state index in [-0.39, 0.29) is 0 Å². The molecule has 1 aromatic carbocycles. The minimum Gasteiger partial charge on any atom is -0.368 e. The van der Waals surface area contributed by atoms with Crippen LogP contribution in [0.1, 0.15) is 11.3 Å². The predicted molar refractivity (Wildman–Crippen MR) is 77.5 cm³/mol. The molecule has 0 amide bonds. The predicted octanol–water partition coefficient (Wildman–Crippen LogP) is 4.33. The number of rotatable bonds is 3. The van der Waals surface area contributed by atoms with E-state index in [4.69, 9.17) is 23.2 Å². The van der Waals surface area contributed by atoms with Gasteiger partial charge < -0.3 is 4.90 Å². The van der Waals surface area contributed by atoms with Gasteiger partial charge in [0, 0.05) is 12.7 Å².